The summed E-state index contributed by atoms with van der Waals surface area (Å²) in [5, 5.41) is 0. The number of rotatable bonds is 7. The highest BCUT2D eigenvalue weighted by atomic mass is 32.2. The van der Waals surface area contributed by atoms with Crippen molar-refractivity contribution in [3.05, 3.63) is 24.0 Å². The molecule has 11 heteroatoms. The van der Waals surface area contributed by atoms with E-state index < -0.39 is 10.0 Å². The lowest BCUT2D eigenvalue weighted by molar-refractivity contribution is -0.151. The number of hydrogen-bond donors (Lipinski definition) is 0. The van der Waals surface area contributed by atoms with Crippen LogP contribution in [0.1, 0.15) is 32.0 Å². The number of amides is 1. The van der Waals surface area contributed by atoms with Crippen molar-refractivity contribution in [3.8, 4) is 0 Å². The van der Waals surface area contributed by atoms with Crippen molar-refractivity contribution in [1.82, 2.24) is 18.8 Å². The topological polar surface area (TPSA) is 111 Å². The number of aryl methyl sites for hydroxylation is 2. The van der Waals surface area contributed by atoms with Gasteiger partial charge in [-0.1, -0.05) is 0 Å². The Labute approximate surface area is 199 Å². The number of esters is 1. The van der Waals surface area contributed by atoms with Gasteiger partial charge in [0.05, 0.1) is 41.7 Å². The highest BCUT2D eigenvalue weighted by Gasteiger charge is 2.30. The van der Waals surface area contributed by atoms with E-state index in [9.17, 15) is 18.0 Å². The van der Waals surface area contributed by atoms with Gasteiger partial charge in [0.2, 0.25) is 15.9 Å². The summed E-state index contributed by atoms with van der Waals surface area (Å²) in [6, 6.07) is 4.96. The average Bonchev–Trinajstić information content (AvgIpc) is 3.18. The Morgan fingerprint density at radius 1 is 1.21 bits per heavy atom. The largest absolute Gasteiger partial charge is 0.466 e. The van der Waals surface area contributed by atoms with Crippen molar-refractivity contribution in [2.45, 2.75) is 37.5 Å². The van der Waals surface area contributed by atoms with Crippen LogP contribution in [0, 0.1) is 5.92 Å². The monoisotopic (exact) mass is 492 g/mol. The number of morpholine rings is 1. The zero-order chi connectivity index (χ0) is 24.3. The Morgan fingerprint density at radius 3 is 2.71 bits per heavy atom. The predicted molar refractivity (Wildman–Crippen MR) is 125 cm³/mol. The summed E-state index contributed by atoms with van der Waals surface area (Å²) in [6.45, 7) is 4.60. The molecule has 10 nitrogen and oxygen atoms in total. The lowest BCUT2D eigenvalue weighted by atomic mass is 9.98. The van der Waals surface area contributed by atoms with Crippen LogP contribution in [0.2, 0.25) is 0 Å². The maximum Gasteiger partial charge on any atom is 0.310 e. The molecule has 0 spiro atoms. The summed E-state index contributed by atoms with van der Waals surface area (Å²) >= 11 is 0. The Kier molecular flexibility index (Phi) is 7.54. The molecule has 186 valence electrons. The Hall–Kier alpha value is -2.50. The van der Waals surface area contributed by atoms with Gasteiger partial charge in [0.1, 0.15) is 5.82 Å². The second-order valence-corrected chi connectivity index (χ2v) is 10.6. The summed E-state index contributed by atoms with van der Waals surface area (Å²) in [7, 11) is -1.74. The molecule has 2 aromatic rings. The first kappa shape index (κ1) is 24.6. The van der Waals surface area contributed by atoms with Gasteiger partial charge in [-0.05, 0) is 38.0 Å². The molecule has 1 unspecified atom stereocenters. The standard InChI is InChI=1S/C23H32N4O6S/c1-3-33-23(29)17-5-4-10-26(16-17)22(28)9-8-21-24-19-15-18(6-7-20(19)25(21)2)34(30,31)27-11-13-32-14-12-27/h6-7,15,17H,3-5,8-14,16H2,1-2H3. The van der Waals surface area contributed by atoms with E-state index in [0.717, 1.165) is 18.4 Å². The molecule has 1 atom stereocenters. The van der Waals surface area contributed by atoms with E-state index in [1.165, 1.54) is 4.31 Å². The van der Waals surface area contributed by atoms with Crippen molar-refractivity contribution >= 4 is 32.9 Å². The molecule has 34 heavy (non-hydrogen) atoms. The number of likely N-dealkylation sites (tertiary alicyclic amines) is 1. The first-order valence-corrected chi connectivity index (χ1v) is 13.2. The smallest absolute Gasteiger partial charge is 0.310 e. The number of carbonyl (C=O) groups is 2. The van der Waals surface area contributed by atoms with Gasteiger partial charge in [-0.2, -0.15) is 4.31 Å². The van der Waals surface area contributed by atoms with E-state index in [2.05, 4.69) is 4.98 Å². The number of ether oxygens (including phenoxy) is 2. The molecular weight excluding hydrogens is 460 g/mol. The average molecular weight is 493 g/mol. The van der Waals surface area contributed by atoms with E-state index in [4.69, 9.17) is 9.47 Å². The lowest BCUT2D eigenvalue weighted by Crippen LogP contribution is -2.42. The third-order valence-corrected chi connectivity index (χ3v) is 8.40. The van der Waals surface area contributed by atoms with E-state index in [1.54, 1.807) is 30.0 Å². The van der Waals surface area contributed by atoms with Crippen molar-refractivity contribution in [2.24, 2.45) is 13.0 Å². The van der Waals surface area contributed by atoms with Crippen LogP contribution in [0.5, 0.6) is 0 Å². The van der Waals surface area contributed by atoms with Crippen molar-refractivity contribution < 1.29 is 27.5 Å². The fraction of sp³-hybridized carbons (Fsp3) is 0.609. The molecule has 2 aliphatic heterocycles. The van der Waals surface area contributed by atoms with E-state index in [0.29, 0.717) is 63.8 Å². The third kappa shape index (κ3) is 5.11. The molecule has 1 amide bonds. The van der Waals surface area contributed by atoms with Gasteiger partial charge in [0.25, 0.3) is 0 Å². The molecule has 0 N–H and O–H groups in total. The fourth-order valence-corrected chi connectivity index (χ4v) is 6.01. The van der Waals surface area contributed by atoms with Gasteiger partial charge in [-0.3, -0.25) is 9.59 Å². The highest BCUT2D eigenvalue weighted by Crippen LogP contribution is 2.24. The van der Waals surface area contributed by atoms with Gasteiger partial charge in [0.15, 0.2) is 0 Å². The van der Waals surface area contributed by atoms with E-state index in [-0.39, 0.29) is 29.1 Å². The molecule has 2 saturated heterocycles. The van der Waals surface area contributed by atoms with Gasteiger partial charge in [-0.25, -0.2) is 13.4 Å². The Balaban J connectivity index is 1.44. The molecule has 0 aliphatic carbocycles. The number of imidazole rings is 1. The number of carbonyl (C=O) groups excluding carboxylic acids is 2. The quantitative estimate of drug-likeness (QED) is 0.536. The van der Waals surface area contributed by atoms with Crippen molar-refractivity contribution in [1.29, 1.82) is 0 Å². The minimum Gasteiger partial charge on any atom is -0.466 e. The zero-order valence-corrected chi connectivity index (χ0v) is 20.6. The molecule has 0 radical (unpaired) electrons. The number of nitrogens with zero attached hydrogens (tertiary/aromatic N) is 4. The molecular formula is C23H32N4O6S. The van der Waals surface area contributed by atoms with Crippen LogP contribution < -0.4 is 0 Å². The fourth-order valence-electron chi connectivity index (χ4n) is 4.58. The number of hydrogen-bond acceptors (Lipinski definition) is 7. The third-order valence-electron chi connectivity index (χ3n) is 6.51. The molecule has 3 heterocycles. The summed E-state index contributed by atoms with van der Waals surface area (Å²) in [5.41, 5.74) is 1.39. The molecule has 2 fully saturated rings. The Morgan fingerprint density at radius 2 is 1.97 bits per heavy atom. The van der Waals surface area contributed by atoms with Gasteiger partial charge in [-0.15, -0.1) is 0 Å². The van der Waals surface area contributed by atoms with Gasteiger partial charge in [0, 0.05) is 46.1 Å². The summed E-state index contributed by atoms with van der Waals surface area (Å²) in [5.74, 6) is 0.193. The van der Waals surface area contributed by atoms with Gasteiger partial charge >= 0.3 is 5.97 Å². The van der Waals surface area contributed by atoms with Crippen LogP contribution in [-0.4, -0.2) is 85.1 Å². The minimum atomic E-state index is -3.61. The number of fused-ring (bicyclic) bond motifs is 1. The number of aromatic nitrogens is 2. The van der Waals surface area contributed by atoms with Crippen molar-refractivity contribution in [3.63, 3.8) is 0 Å². The maximum atomic E-state index is 13.0. The molecule has 2 aliphatic rings. The molecule has 1 aromatic heterocycles. The van der Waals surface area contributed by atoms with Crippen molar-refractivity contribution in [2.75, 3.05) is 46.0 Å². The summed E-state index contributed by atoms with van der Waals surface area (Å²) in [4.78, 5) is 31.5. The Bertz CT molecular complexity index is 1160. The van der Waals surface area contributed by atoms with Crippen LogP contribution in [0.3, 0.4) is 0 Å². The first-order valence-electron chi connectivity index (χ1n) is 11.8. The van der Waals surface area contributed by atoms with Crippen LogP contribution in [0.15, 0.2) is 23.1 Å². The summed E-state index contributed by atoms with van der Waals surface area (Å²) in [6.07, 6.45) is 2.22. The lowest BCUT2D eigenvalue weighted by Gasteiger charge is -2.31. The summed E-state index contributed by atoms with van der Waals surface area (Å²) < 4.78 is 39.7. The number of sulfonamides is 1. The molecule has 1 aromatic carbocycles. The molecule has 0 saturated carbocycles. The van der Waals surface area contributed by atoms with Crippen LogP contribution in [0.25, 0.3) is 11.0 Å². The second-order valence-electron chi connectivity index (χ2n) is 8.68. The highest BCUT2D eigenvalue weighted by molar-refractivity contribution is 7.89. The number of piperidine rings is 1. The van der Waals surface area contributed by atoms with E-state index in [1.807, 2.05) is 11.6 Å². The van der Waals surface area contributed by atoms with Crippen LogP contribution >= 0.6 is 0 Å². The first-order chi connectivity index (χ1) is 16.3. The SMILES string of the molecule is CCOC(=O)C1CCCN(C(=O)CCc2nc3cc(S(=O)(=O)N4CCOCC4)ccc3n2C)C1. The normalized spacial score (nSPS) is 19.9. The van der Waals surface area contributed by atoms with E-state index >= 15 is 0 Å². The zero-order valence-electron chi connectivity index (χ0n) is 19.7. The van der Waals surface area contributed by atoms with Crippen LogP contribution in [0.4, 0.5) is 0 Å². The van der Waals surface area contributed by atoms with Crippen LogP contribution in [-0.2, 0) is 42.6 Å². The van der Waals surface area contributed by atoms with Gasteiger partial charge < -0.3 is 18.9 Å². The predicted octanol–water partition coefficient (Wildman–Crippen LogP) is 1.33. The molecule has 4 rings (SSSR count). The number of benzene rings is 1. The maximum absolute atomic E-state index is 13.0. The molecule has 0 bridgehead atoms. The second kappa shape index (κ2) is 10.4. The minimum absolute atomic E-state index is 0.0170.